The van der Waals surface area contributed by atoms with Crippen LogP contribution in [0.3, 0.4) is 0 Å². The minimum Gasteiger partial charge on any atom is -0.399 e. The van der Waals surface area contributed by atoms with Crippen LogP contribution < -0.4 is 11.1 Å². The quantitative estimate of drug-likeness (QED) is 0.820. The van der Waals surface area contributed by atoms with E-state index in [1.54, 1.807) is 36.4 Å². The van der Waals surface area contributed by atoms with Gasteiger partial charge in [-0.3, -0.25) is 4.79 Å². The fraction of sp³-hybridized carbons (Fsp3) is 0.154. The Morgan fingerprint density at radius 3 is 2.50 bits per heavy atom. The number of allylic oxidation sites excluding steroid dienone is 2. The first kappa shape index (κ1) is 13.0. The number of nitrogens with one attached hydrogen (secondary N) is 1. The first-order chi connectivity index (χ1) is 8.56. The maximum atomic E-state index is 11.9. The maximum Gasteiger partial charge on any atom is 0.251 e. The van der Waals surface area contributed by atoms with Crippen LogP contribution in [-0.2, 0) is 0 Å². The van der Waals surface area contributed by atoms with Gasteiger partial charge < -0.3 is 11.1 Å². The van der Waals surface area contributed by atoms with Crippen LogP contribution >= 0.6 is 23.2 Å². The van der Waals surface area contributed by atoms with E-state index in [-0.39, 0.29) is 11.9 Å². The molecule has 1 aromatic carbocycles. The lowest BCUT2D eigenvalue weighted by molar-refractivity contribution is 0.0944. The topological polar surface area (TPSA) is 55.1 Å². The van der Waals surface area contributed by atoms with Gasteiger partial charge in [0.15, 0.2) is 0 Å². The molecule has 0 spiro atoms. The average Bonchev–Trinajstić information content (AvgIpc) is 2.34. The summed E-state index contributed by atoms with van der Waals surface area (Å²) >= 11 is 11.7. The number of hydrogen-bond donors (Lipinski definition) is 2. The normalized spacial score (nSPS) is 18.9. The summed E-state index contributed by atoms with van der Waals surface area (Å²) in [6.45, 7) is 0. The summed E-state index contributed by atoms with van der Waals surface area (Å²) in [7, 11) is 0. The molecule has 5 heteroatoms. The first-order valence-corrected chi connectivity index (χ1v) is 6.21. The number of anilines is 1. The molecule has 1 aromatic rings. The molecular weight excluding hydrogens is 271 g/mol. The lowest BCUT2D eigenvalue weighted by Crippen LogP contribution is -2.34. The van der Waals surface area contributed by atoms with Crippen molar-refractivity contribution in [1.29, 1.82) is 0 Å². The lowest BCUT2D eigenvalue weighted by Gasteiger charge is -2.17. The van der Waals surface area contributed by atoms with E-state index >= 15 is 0 Å². The Morgan fingerprint density at radius 1 is 1.22 bits per heavy atom. The highest BCUT2D eigenvalue weighted by atomic mass is 35.5. The molecule has 1 atom stereocenters. The average molecular weight is 283 g/mol. The van der Waals surface area contributed by atoms with Crippen LogP contribution in [0.1, 0.15) is 16.8 Å². The molecule has 18 heavy (non-hydrogen) atoms. The van der Waals surface area contributed by atoms with E-state index < -0.39 is 0 Å². The Bertz CT molecular complexity index is 520. The minimum atomic E-state index is -0.160. The standard InChI is InChI=1S/C13H12Cl2N2O/c14-11-6-5-10(7-12(11)15)17-13(18)8-1-3-9(16)4-2-8/h1-4,6-7,10H,5,16H2,(H,17,18)/t10-/m1/s1. The molecule has 0 saturated heterocycles. The summed E-state index contributed by atoms with van der Waals surface area (Å²) < 4.78 is 0. The number of halogens is 2. The van der Waals surface area contributed by atoms with Gasteiger partial charge in [-0.1, -0.05) is 29.3 Å². The Balaban J connectivity index is 2.03. The highest BCUT2D eigenvalue weighted by molar-refractivity contribution is 6.44. The van der Waals surface area contributed by atoms with Gasteiger partial charge >= 0.3 is 0 Å². The Kier molecular flexibility index (Phi) is 3.94. The van der Waals surface area contributed by atoms with Gasteiger partial charge in [-0.2, -0.15) is 0 Å². The first-order valence-electron chi connectivity index (χ1n) is 5.46. The van der Waals surface area contributed by atoms with Crippen molar-refractivity contribution >= 4 is 34.8 Å². The van der Waals surface area contributed by atoms with Crippen molar-refractivity contribution < 1.29 is 4.79 Å². The third-order valence-corrected chi connectivity index (χ3v) is 3.40. The predicted octanol–water partition coefficient (Wildman–Crippen LogP) is 3.02. The zero-order chi connectivity index (χ0) is 13.1. The molecule has 0 aromatic heterocycles. The van der Waals surface area contributed by atoms with Gasteiger partial charge in [-0.25, -0.2) is 0 Å². The van der Waals surface area contributed by atoms with Gasteiger partial charge in [0.05, 0.1) is 16.1 Å². The zero-order valence-corrected chi connectivity index (χ0v) is 11.0. The molecule has 1 aliphatic carbocycles. The molecule has 0 bridgehead atoms. The number of hydrogen-bond acceptors (Lipinski definition) is 2. The number of carbonyl (C=O) groups excluding carboxylic acids is 1. The van der Waals surface area contributed by atoms with Crippen molar-refractivity contribution in [2.45, 2.75) is 12.5 Å². The van der Waals surface area contributed by atoms with Crippen LogP contribution in [0.25, 0.3) is 0 Å². The molecule has 94 valence electrons. The molecule has 0 saturated carbocycles. The van der Waals surface area contributed by atoms with E-state index in [0.717, 1.165) is 0 Å². The molecule has 1 aliphatic rings. The van der Waals surface area contributed by atoms with Crippen LogP contribution in [0.15, 0.2) is 46.5 Å². The predicted molar refractivity (Wildman–Crippen MR) is 74.6 cm³/mol. The van der Waals surface area contributed by atoms with Crippen LogP contribution in [-0.4, -0.2) is 11.9 Å². The van der Waals surface area contributed by atoms with Gasteiger partial charge in [-0.05, 0) is 36.8 Å². The molecule has 0 radical (unpaired) electrons. The van der Waals surface area contributed by atoms with Gasteiger partial charge in [0.1, 0.15) is 0 Å². The number of nitrogen functional groups attached to an aromatic ring is 1. The van der Waals surface area contributed by atoms with Gasteiger partial charge in [0, 0.05) is 11.3 Å². The molecule has 3 N–H and O–H groups in total. The van der Waals surface area contributed by atoms with E-state index in [0.29, 0.717) is 27.7 Å². The maximum absolute atomic E-state index is 11.9. The highest BCUT2D eigenvalue weighted by Crippen LogP contribution is 2.25. The molecular formula is C13H12Cl2N2O. The number of amides is 1. The smallest absolute Gasteiger partial charge is 0.251 e. The number of rotatable bonds is 2. The van der Waals surface area contributed by atoms with Crippen LogP contribution in [0.2, 0.25) is 0 Å². The molecule has 3 nitrogen and oxygen atoms in total. The van der Waals surface area contributed by atoms with E-state index in [9.17, 15) is 4.79 Å². The summed E-state index contributed by atoms with van der Waals surface area (Å²) in [6, 6.07) is 6.61. The minimum absolute atomic E-state index is 0.134. The van der Waals surface area contributed by atoms with Crippen molar-refractivity contribution in [2.75, 3.05) is 5.73 Å². The highest BCUT2D eigenvalue weighted by Gasteiger charge is 2.16. The van der Waals surface area contributed by atoms with Gasteiger partial charge in [-0.15, -0.1) is 0 Å². The fourth-order valence-electron chi connectivity index (χ4n) is 1.64. The summed E-state index contributed by atoms with van der Waals surface area (Å²) in [6.07, 6.45) is 4.16. The Labute approximate surface area is 115 Å². The summed E-state index contributed by atoms with van der Waals surface area (Å²) in [5.41, 5.74) is 6.75. The monoisotopic (exact) mass is 282 g/mol. The number of benzene rings is 1. The van der Waals surface area contributed by atoms with Crippen LogP contribution in [0.5, 0.6) is 0 Å². The van der Waals surface area contributed by atoms with E-state index in [1.165, 1.54) is 0 Å². The molecule has 0 heterocycles. The van der Waals surface area contributed by atoms with Gasteiger partial charge in [0.25, 0.3) is 5.91 Å². The summed E-state index contributed by atoms with van der Waals surface area (Å²) in [5, 5.41) is 3.85. The SMILES string of the molecule is Nc1ccc(C(=O)N[C@H]2C=C(Cl)C(Cl)=CC2)cc1. The van der Waals surface area contributed by atoms with E-state index in [4.69, 9.17) is 28.9 Å². The second kappa shape index (κ2) is 5.46. The zero-order valence-electron chi connectivity index (χ0n) is 9.49. The molecule has 0 unspecified atom stereocenters. The number of nitrogens with two attached hydrogens (primary N) is 1. The van der Waals surface area contributed by atoms with Crippen molar-refractivity contribution in [3.63, 3.8) is 0 Å². The van der Waals surface area contributed by atoms with Crippen molar-refractivity contribution in [1.82, 2.24) is 5.32 Å². The molecule has 0 fully saturated rings. The Morgan fingerprint density at radius 2 is 1.89 bits per heavy atom. The molecule has 0 aliphatic heterocycles. The second-order valence-corrected chi connectivity index (χ2v) is 4.82. The fourth-order valence-corrected chi connectivity index (χ4v) is 2.02. The van der Waals surface area contributed by atoms with Crippen molar-refractivity contribution in [3.8, 4) is 0 Å². The van der Waals surface area contributed by atoms with Crippen LogP contribution in [0.4, 0.5) is 5.69 Å². The third-order valence-electron chi connectivity index (χ3n) is 2.62. The van der Waals surface area contributed by atoms with E-state index in [2.05, 4.69) is 5.32 Å². The van der Waals surface area contributed by atoms with Crippen LogP contribution in [0, 0.1) is 0 Å². The van der Waals surface area contributed by atoms with Crippen molar-refractivity contribution in [2.24, 2.45) is 0 Å². The third kappa shape index (κ3) is 3.06. The van der Waals surface area contributed by atoms with Gasteiger partial charge in [0.2, 0.25) is 0 Å². The molecule has 1 amide bonds. The second-order valence-electron chi connectivity index (χ2n) is 4.00. The van der Waals surface area contributed by atoms with E-state index in [1.807, 2.05) is 0 Å². The Hall–Kier alpha value is -1.45. The lowest BCUT2D eigenvalue weighted by atomic mass is 10.1. The summed E-state index contributed by atoms with van der Waals surface area (Å²) in [4.78, 5) is 11.9. The molecule has 2 rings (SSSR count). The number of carbonyl (C=O) groups is 1. The largest absolute Gasteiger partial charge is 0.399 e. The summed E-state index contributed by atoms with van der Waals surface area (Å²) in [5.74, 6) is -0.160. The van der Waals surface area contributed by atoms with Crippen molar-refractivity contribution in [3.05, 3.63) is 52.0 Å².